The second kappa shape index (κ2) is 15.1. The first kappa shape index (κ1) is 30.0. The lowest BCUT2D eigenvalue weighted by atomic mass is 9.95. The summed E-state index contributed by atoms with van der Waals surface area (Å²) in [5, 5.41) is 11.0. The number of likely N-dealkylation sites (N-methyl/N-ethyl adjacent to an activating group) is 1. The number of carbonyl (C=O) groups excluding carboxylic acids is 2. The molecule has 0 aliphatic carbocycles. The van der Waals surface area contributed by atoms with Crippen LogP contribution in [0.3, 0.4) is 0 Å². The van der Waals surface area contributed by atoms with Crippen molar-refractivity contribution < 1.29 is 24.2 Å². The van der Waals surface area contributed by atoms with E-state index in [2.05, 4.69) is 25.7 Å². The number of hydrogen-bond donors (Lipinski definition) is 1. The van der Waals surface area contributed by atoms with Gasteiger partial charge in [0, 0.05) is 13.1 Å². The van der Waals surface area contributed by atoms with Crippen LogP contribution in [0.5, 0.6) is 11.5 Å². The minimum absolute atomic E-state index is 0.0748. The second-order valence-corrected chi connectivity index (χ2v) is 9.49. The number of benzene rings is 2. The third kappa shape index (κ3) is 7.73. The summed E-state index contributed by atoms with van der Waals surface area (Å²) in [5.41, 5.74) is 1.62. The summed E-state index contributed by atoms with van der Waals surface area (Å²) < 4.78 is 11.9. The van der Waals surface area contributed by atoms with E-state index in [9.17, 15) is 14.7 Å². The standard InChI is InChI=1S/C32H42N2O5/c1-5-9-13-22-39-27-19-17-25(23-28(27)38-8-4)30-29(26(35)18-16-24-14-11-10-12-15-24)31(36)32(37)34(30)21-20-33(6-2)7-3/h10-12,14-19,23,30,36H,5-9,13,20-22H2,1-4H3/b18-16+. The van der Waals surface area contributed by atoms with Crippen LogP contribution < -0.4 is 9.47 Å². The van der Waals surface area contributed by atoms with E-state index < -0.39 is 23.5 Å². The van der Waals surface area contributed by atoms with Gasteiger partial charge in [0.25, 0.3) is 5.91 Å². The van der Waals surface area contributed by atoms with Crippen LogP contribution in [0.2, 0.25) is 0 Å². The Kier molecular flexibility index (Phi) is 11.6. The van der Waals surface area contributed by atoms with E-state index in [1.54, 1.807) is 11.0 Å². The zero-order valence-corrected chi connectivity index (χ0v) is 23.7. The van der Waals surface area contributed by atoms with Gasteiger partial charge >= 0.3 is 0 Å². The Morgan fingerprint density at radius 3 is 2.41 bits per heavy atom. The predicted molar refractivity (Wildman–Crippen MR) is 155 cm³/mol. The molecule has 1 heterocycles. The Morgan fingerprint density at radius 1 is 1.00 bits per heavy atom. The fourth-order valence-corrected chi connectivity index (χ4v) is 4.71. The van der Waals surface area contributed by atoms with Crippen molar-refractivity contribution in [1.29, 1.82) is 0 Å². The number of carbonyl (C=O) groups is 2. The molecule has 0 fully saturated rings. The van der Waals surface area contributed by atoms with Crippen molar-refractivity contribution in [2.24, 2.45) is 0 Å². The first-order valence-corrected chi connectivity index (χ1v) is 14.1. The highest BCUT2D eigenvalue weighted by molar-refractivity contribution is 6.14. The van der Waals surface area contributed by atoms with Crippen LogP contribution >= 0.6 is 0 Å². The molecule has 0 radical (unpaired) electrons. The first-order valence-electron chi connectivity index (χ1n) is 14.1. The van der Waals surface area contributed by atoms with Crippen molar-refractivity contribution >= 4 is 17.8 Å². The van der Waals surface area contributed by atoms with Gasteiger partial charge in [0.1, 0.15) is 0 Å². The third-order valence-electron chi connectivity index (χ3n) is 6.94. The van der Waals surface area contributed by atoms with Gasteiger partial charge in [-0.05, 0) is 55.8 Å². The molecule has 0 bridgehead atoms. The molecule has 1 unspecified atom stereocenters. The number of ether oxygens (including phenoxy) is 2. The van der Waals surface area contributed by atoms with Gasteiger partial charge in [0.05, 0.1) is 24.8 Å². The number of aliphatic hydroxyl groups is 1. The molecule has 3 rings (SSSR count). The number of nitrogens with zero attached hydrogens (tertiary/aromatic N) is 2. The predicted octanol–water partition coefficient (Wildman–Crippen LogP) is 5.97. The van der Waals surface area contributed by atoms with Crippen molar-refractivity contribution in [3.05, 3.63) is 77.1 Å². The molecule has 2 aromatic carbocycles. The Balaban J connectivity index is 1.98. The van der Waals surface area contributed by atoms with Gasteiger partial charge < -0.3 is 24.4 Å². The van der Waals surface area contributed by atoms with Crippen LogP contribution in [0, 0.1) is 0 Å². The highest BCUT2D eigenvalue weighted by atomic mass is 16.5. The number of unbranched alkanes of at least 4 members (excludes halogenated alkanes) is 2. The van der Waals surface area contributed by atoms with Crippen LogP contribution in [-0.4, -0.2) is 66.0 Å². The maximum absolute atomic E-state index is 13.5. The summed E-state index contributed by atoms with van der Waals surface area (Å²) in [6.07, 6.45) is 6.25. The SMILES string of the molecule is CCCCCOc1ccc(C2C(C(=O)/C=C/c3ccccc3)=C(O)C(=O)N2CCN(CC)CC)cc1OCC. The van der Waals surface area contributed by atoms with E-state index in [1.807, 2.05) is 55.5 Å². The summed E-state index contributed by atoms with van der Waals surface area (Å²) in [6.45, 7) is 11.9. The maximum Gasteiger partial charge on any atom is 0.290 e. The average molecular weight is 535 g/mol. The van der Waals surface area contributed by atoms with Crippen molar-refractivity contribution in [2.75, 3.05) is 39.4 Å². The van der Waals surface area contributed by atoms with Gasteiger partial charge in [-0.15, -0.1) is 0 Å². The average Bonchev–Trinajstić information content (AvgIpc) is 3.21. The molecule has 1 aliphatic heterocycles. The third-order valence-corrected chi connectivity index (χ3v) is 6.94. The lowest BCUT2D eigenvalue weighted by Gasteiger charge is -2.29. The number of ketones is 1. The highest BCUT2D eigenvalue weighted by Crippen LogP contribution is 2.41. The van der Waals surface area contributed by atoms with Crippen molar-refractivity contribution in [3.8, 4) is 11.5 Å². The van der Waals surface area contributed by atoms with E-state index in [0.717, 1.165) is 37.9 Å². The van der Waals surface area contributed by atoms with E-state index in [1.165, 1.54) is 6.08 Å². The maximum atomic E-state index is 13.5. The molecule has 39 heavy (non-hydrogen) atoms. The minimum Gasteiger partial charge on any atom is -0.503 e. The van der Waals surface area contributed by atoms with Gasteiger partial charge in [-0.25, -0.2) is 0 Å². The number of aliphatic hydroxyl groups excluding tert-OH is 1. The molecule has 1 N–H and O–H groups in total. The second-order valence-electron chi connectivity index (χ2n) is 9.49. The molecule has 7 nitrogen and oxygen atoms in total. The fourth-order valence-electron chi connectivity index (χ4n) is 4.71. The van der Waals surface area contributed by atoms with Crippen molar-refractivity contribution in [3.63, 3.8) is 0 Å². The number of hydrogen-bond acceptors (Lipinski definition) is 6. The zero-order valence-electron chi connectivity index (χ0n) is 23.7. The van der Waals surface area contributed by atoms with Gasteiger partial charge in [-0.2, -0.15) is 0 Å². The summed E-state index contributed by atoms with van der Waals surface area (Å²) in [5.74, 6) is -0.263. The van der Waals surface area contributed by atoms with Crippen LogP contribution in [0.15, 0.2) is 65.9 Å². The normalized spacial score (nSPS) is 15.6. The Bertz CT molecular complexity index is 1150. The Hall–Kier alpha value is -3.58. The zero-order chi connectivity index (χ0) is 28.2. The van der Waals surface area contributed by atoms with Crippen molar-refractivity contribution in [1.82, 2.24) is 9.80 Å². The largest absolute Gasteiger partial charge is 0.503 e. The highest BCUT2D eigenvalue weighted by Gasteiger charge is 2.43. The summed E-state index contributed by atoms with van der Waals surface area (Å²) in [6, 6.07) is 14.2. The summed E-state index contributed by atoms with van der Waals surface area (Å²) in [4.78, 5) is 30.6. The molecule has 210 valence electrons. The van der Waals surface area contributed by atoms with E-state index in [-0.39, 0.29) is 5.57 Å². The van der Waals surface area contributed by atoms with E-state index in [4.69, 9.17) is 9.47 Å². The molecule has 7 heteroatoms. The summed E-state index contributed by atoms with van der Waals surface area (Å²) in [7, 11) is 0. The molecular formula is C32H42N2O5. The smallest absolute Gasteiger partial charge is 0.290 e. The molecule has 1 aliphatic rings. The molecule has 1 atom stereocenters. The summed E-state index contributed by atoms with van der Waals surface area (Å²) >= 11 is 0. The van der Waals surface area contributed by atoms with E-state index >= 15 is 0 Å². The van der Waals surface area contributed by atoms with Gasteiger partial charge in [0.2, 0.25) is 0 Å². The first-order chi connectivity index (χ1) is 18.9. The molecule has 0 saturated carbocycles. The molecular weight excluding hydrogens is 492 g/mol. The van der Waals surface area contributed by atoms with Gasteiger partial charge in [0.15, 0.2) is 23.0 Å². The lowest BCUT2D eigenvalue weighted by Crippen LogP contribution is -2.38. The molecule has 1 amide bonds. The Morgan fingerprint density at radius 2 is 1.74 bits per heavy atom. The molecule has 2 aromatic rings. The van der Waals surface area contributed by atoms with Crippen LogP contribution in [0.25, 0.3) is 6.08 Å². The molecule has 0 spiro atoms. The van der Waals surface area contributed by atoms with Crippen LogP contribution in [0.1, 0.15) is 64.1 Å². The van der Waals surface area contributed by atoms with Crippen LogP contribution in [-0.2, 0) is 9.59 Å². The lowest BCUT2D eigenvalue weighted by molar-refractivity contribution is -0.129. The molecule has 0 saturated heterocycles. The quantitative estimate of drug-likeness (QED) is 0.211. The fraction of sp³-hybridized carbons (Fsp3) is 0.438. The molecule has 0 aromatic heterocycles. The minimum atomic E-state index is -0.741. The van der Waals surface area contributed by atoms with Crippen molar-refractivity contribution in [2.45, 2.75) is 53.0 Å². The van der Waals surface area contributed by atoms with Gasteiger partial charge in [-0.1, -0.05) is 76.1 Å². The topological polar surface area (TPSA) is 79.3 Å². The van der Waals surface area contributed by atoms with Crippen LogP contribution in [0.4, 0.5) is 0 Å². The van der Waals surface area contributed by atoms with E-state index in [0.29, 0.717) is 43.4 Å². The number of rotatable bonds is 16. The number of amides is 1. The monoisotopic (exact) mass is 534 g/mol. The number of allylic oxidation sites excluding steroid dienone is 1. The van der Waals surface area contributed by atoms with Gasteiger partial charge in [-0.3, -0.25) is 9.59 Å². The Labute approximate surface area is 232 Å².